The lowest BCUT2D eigenvalue weighted by Crippen LogP contribution is -2.22. The maximum absolute atomic E-state index is 13.5. The van der Waals surface area contributed by atoms with Gasteiger partial charge in [-0.3, -0.25) is 0 Å². The minimum Gasteiger partial charge on any atom is -0.306 e. The maximum Gasteiger partial charge on any atom is 0.126 e. The number of aryl methyl sites for hydroxylation is 2. The number of thiophene rings is 1. The molecule has 1 nitrogen and oxygen atoms in total. The zero-order valence-corrected chi connectivity index (χ0v) is 14.4. The Morgan fingerprint density at radius 2 is 2.05 bits per heavy atom. The molecular weight excluding hydrogens is 337 g/mol. The fourth-order valence-corrected chi connectivity index (χ4v) is 3.81. The molecule has 0 radical (unpaired) electrons. The van der Waals surface area contributed by atoms with E-state index >= 15 is 0 Å². The van der Waals surface area contributed by atoms with Crippen molar-refractivity contribution < 1.29 is 4.39 Å². The van der Waals surface area contributed by atoms with Gasteiger partial charge in [-0.15, -0.1) is 11.3 Å². The summed E-state index contributed by atoms with van der Waals surface area (Å²) in [4.78, 5) is 2.52. The third-order valence-electron chi connectivity index (χ3n) is 3.27. The number of rotatable bonds is 5. The van der Waals surface area contributed by atoms with Crippen molar-refractivity contribution >= 4 is 27.3 Å². The molecule has 1 aromatic carbocycles. The average Bonchev–Trinajstić information content (AvgIpc) is 2.74. The molecular formula is C16H19BrFNS. The molecule has 0 amide bonds. The van der Waals surface area contributed by atoms with Gasteiger partial charge in [0.05, 0.1) is 6.04 Å². The summed E-state index contributed by atoms with van der Waals surface area (Å²) >= 11 is 5.35. The van der Waals surface area contributed by atoms with Gasteiger partial charge in [-0.2, -0.15) is 0 Å². The average molecular weight is 356 g/mol. The van der Waals surface area contributed by atoms with Crippen LogP contribution in [0, 0.1) is 19.7 Å². The van der Waals surface area contributed by atoms with Crippen LogP contribution in [-0.2, 0) is 0 Å². The Bertz CT molecular complexity index is 575. The zero-order chi connectivity index (χ0) is 14.7. The maximum atomic E-state index is 13.5. The summed E-state index contributed by atoms with van der Waals surface area (Å²) < 4.78 is 14.6. The van der Waals surface area contributed by atoms with Crippen molar-refractivity contribution in [3.8, 4) is 0 Å². The van der Waals surface area contributed by atoms with Gasteiger partial charge in [0.1, 0.15) is 5.82 Å². The van der Waals surface area contributed by atoms with E-state index in [4.69, 9.17) is 0 Å². The highest BCUT2D eigenvalue weighted by atomic mass is 79.9. The molecule has 4 heteroatoms. The molecule has 0 spiro atoms. The van der Waals surface area contributed by atoms with Gasteiger partial charge in [-0.05, 0) is 66.0 Å². The SMILES string of the molecule is CCCNC(c1ccc(F)c(C)c1)c1cc(Br)c(C)s1. The molecule has 2 rings (SSSR count). The fraction of sp³-hybridized carbons (Fsp3) is 0.375. The van der Waals surface area contributed by atoms with Crippen molar-refractivity contribution in [1.82, 2.24) is 5.32 Å². The van der Waals surface area contributed by atoms with Crippen molar-refractivity contribution in [3.63, 3.8) is 0 Å². The highest BCUT2D eigenvalue weighted by Crippen LogP contribution is 2.34. The molecule has 108 valence electrons. The van der Waals surface area contributed by atoms with Crippen LogP contribution in [0.1, 0.15) is 40.3 Å². The van der Waals surface area contributed by atoms with Gasteiger partial charge in [0, 0.05) is 14.2 Å². The van der Waals surface area contributed by atoms with E-state index in [1.165, 1.54) is 9.75 Å². The van der Waals surface area contributed by atoms with Gasteiger partial charge in [-0.1, -0.05) is 19.1 Å². The minimum atomic E-state index is -0.147. The van der Waals surface area contributed by atoms with E-state index in [9.17, 15) is 4.39 Å². The van der Waals surface area contributed by atoms with Crippen LogP contribution >= 0.6 is 27.3 Å². The Labute approximate surface area is 132 Å². The van der Waals surface area contributed by atoms with Crippen molar-refractivity contribution in [2.24, 2.45) is 0 Å². The largest absolute Gasteiger partial charge is 0.306 e. The summed E-state index contributed by atoms with van der Waals surface area (Å²) in [6.07, 6.45) is 1.07. The van der Waals surface area contributed by atoms with Gasteiger partial charge in [0.15, 0.2) is 0 Å². The molecule has 1 unspecified atom stereocenters. The van der Waals surface area contributed by atoms with Gasteiger partial charge in [0.25, 0.3) is 0 Å². The lowest BCUT2D eigenvalue weighted by Gasteiger charge is -2.18. The highest BCUT2D eigenvalue weighted by molar-refractivity contribution is 9.10. The smallest absolute Gasteiger partial charge is 0.126 e. The van der Waals surface area contributed by atoms with Crippen LogP contribution in [0.2, 0.25) is 0 Å². The molecule has 0 aliphatic heterocycles. The number of benzene rings is 1. The predicted molar refractivity (Wildman–Crippen MR) is 88.0 cm³/mol. The van der Waals surface area contributed by atoms with Gasteiger partial charge >= 0.3 is 0 Å². The standard InChI is InChI=1S/C16H19BrFNS/c1-4-7-19-16(15-9-13(17)11(3)20-15)12-5-6-14(18)10(2)8-12/h5-6,8-9,16,19H,4,7H2,1-3H3. The molecule has 1 aromatic heterocycles. The van der Waals surface area contributed by atoms with E-state index in [2.05, 4.69) is 41.2 Å². The van der Waals surface area contributed by atoms with Crippen LogP contribution in [0.15, 0.2) is 28.7 Å². The van der Waals surface area contributed by atoms with Crippen LogP contribution in [0.4, 0.5) is 4.39 Å². The molecule has 2 aromatic rings. The van der Waals surface area contributed by atoms with Crippen LogP contribution in [0.3, 0.4) is 0 Å². The lowest BCUT2D eigenvalue weighted by atomic mass is 10.0. The number of nitrogens with one attached hydrogen (secondary N) is 1. The van der Waals surface area contributed by atoms with Crippen molar-refractivity contribution in [3.05, 3.63) is 55.4 Å². The van der Waals surface area contributed by atoms with Gasteiger partial charge in [-0.25, -0.2) is 4.39 Å². The summed E-state index contributed by atoms with van der Waals surface area (Å²) in [5, 5.41) is 3.56. The van der Waals surface area contributed by atoms with Crippen molar-refractivity contribution in [2.45, 2.75) is 33.2 Å². The molecule has 0 saturated heterocycles. The van der Waals surface area contributed by atoms with E-state index in [0.29, 0.717) is 5.56 Å². The third-order valence-corrected chi connectivity index (χ3v) is 5.48. The summed E-state index contributed by atoms with van der Waals surface area (Å²) in [6.45, 7) is 7.00. The Morgan fingerprint density at radius 1 is 1.30 bits per heavy atom. The second-order valence-corrected chi connectivity index (χ2v) is 7.09. The first-order valence-electron chi connectivity index (χ1n) is 6.78. The lowest BCUT2D eigenvalue weighted by molar-refractivity contribution is 0.595. The first-order chi connectivity index (χ1) is 9.52. The zero-order valence-electron chi connectivity index (χ0n) is 12.0. The van der Waals surface area contributed by atoms with Gasteiger partial charge < -0.3 is 5.32 Å². The van der Waals surface area contributed by atoms with Crippen LogP contribution in [0.5, 0.6) is 0 Å². The fourth-order valence-electron chi connectivity index (χ4n) is 2.14. The summed E-state index contributed by atoms with van der Waals surface area (Å²) in [7, 11) is 0. The van der Waals surface area contributed by atoms with E-state index in [-0.39, 0.29) is 11.9 Å². The van der Waals surface area contributed by atoms with Crippen molar-refractivity contribution in [1.29, 1.82) is 0 Å². The van der Waals surface area contributed by atoms with E-state index < -0.39 is 0 Å². The number of hydrogen-bond acceptors (Lipinski definition) is 2. The first kappa shape index (κ1) is 15.7. The van der Waals surface area contributed by atoms with Crippen LogP contribution < -0.4 is 5.32 Å². The Balaban J connectivity index is 2.38. The molecule has 0 saturated carbocycles. The molecule has 1 atom stereocenters. The molecule has 20 heavy (non-hydrogen) atoms. The Hall–Kier alpha value is -0.710. The molecule has 0 aliphatic carbocycles. The van der Waals surface area contributed by atoms with E-state index in [1.54, 1.807) is 17.4 Å². The predicted octanol–water partition coefficient (Wildman–Crippen LogP) is 5.36. The molecule has 1 N–H and O–H groups in total. The number of hydrogen-bond donors (Lipinski definition) is 1. The van der Waals surface area contributed by atoms with Crippen LogP contribution in [0.25, 0.3) is 0 Å². The topological polar surface area (TPSA) is 12.0 Å². The van der Waals surface area contributed by atoms with E-state index in [0.717, 1.165) is 23.0 Å². The second kappa shape index (κ2) is 6.83. The number of halogens is 2. The highest BCUT2D eigenvalue weighted by Gasteiger charge is 2.17. The van der Waals surface area contributed by atoms with Crippen molar-refractivity contribution in [2.75, 3.05) is 6.54 Å². The monoisotopic (exact) mass is 355 g/mol. The van der Waals surface area contributed by atoms with Gasteiger partial charge in [0.2, 0.25) is 0 Å². The van der Waals surface area contributed by atoms with Crippen LogP contribution in [-0.4, -0.2) is 6.54 Å². The Kier molecular flexibility index (Phi) is 5.35. The molecule has 1 heterocycles. The Morgan fingerprint density at radius 3 is 2.60 bits per heavy atom. The third kappa shape index (κ3) is 3.48. The molecule has 0 fully saturated rings. The molecule has 0 aliphatic rings. The summed E-state index contributed by atoms with van der Waals surface area (Å²) in [6, 6.07) is 7.65. The molecule has 0 bridgehead atoms. The van der Waals surface area contributed by atoms with E-state index in [1.807, 2.05) is 19.1 Å². The summed E-state index contributed by atoms with van der Waals surface area (Å²) in [5.74, 6) is -0.147. The second-order valence-electron chi connectivity index (χ2n) is 4.95. The normalized spacial score (nSPS) is 12.7. The minimum absolute atomic E-state index is 0.129. The quantitative estimate of drug-likeness (QED) is 0.761. The first-order valence-corrected chi connectivity index (χ1v) is 8.39. The summed E-state index contributed by atoms with van der Waals surface area (Å²) in [5.41, 5.74) is 1.81.